The van der Waals surface area contributed by atoms with E-state index >= 15 is 0 Å². The van der Waals surface area contributed by atoms with Crippen molar-refractivity contribution in [3.63, 3.8) is 0 Å². The predicted octanol–water partition coefficient (Wildman–Crippen LogP) is 4.88. The molecule has 0 atom stereocenters. The summed E-state index contributed by atoms with van der Waals surface area (Å²) in [6.45, 7) is -0.208. The fraction of sp³-hybridized carbons (Fsp3) is 0.0588. The van der Waals surface area contributed by atoms with Crippen molar-refractivity contribution in [1.82, 2.24) is 9.78 Å². The summed E-state index contributed by atoms with van der Waals surface area (Å²) in [6, 6.07) is 6.81. The van der Waals surface area contributed by atoms with Crippen molar-refractivity contribution in [2.24, 2.45) is 0 Å². The minimum absolute atomic E-state index is 0.0327. The topological polar surface area (TPSA) is 99.3 Å². The highest BCUT2D eigenvalue weighted by Gasteiger charge is 2.18. The lowest BCUT2D eigenvalue weighted by Crippen LogP contribution is -2.15. The summed E-state index contributed by atoms with van der Waals surface area (Å²) in [6.07, 6.45) is 1.44. The smallest absolute Gasteiger partial charge is 0.276 e. The SMILES string of the molecule is O=C(Nc1c(Br)cc([N+](=O)[O-])cc1Br)c1ccn(COc2ccc(F)cc2F)n1. The fourth-order valence-corrected chi connectivity index (χ4v) is 3.61. The molecule has 0 fully saturated rings. The molecule has 0 aliphatic rings. The van der Waals surface area contributed by atoms with Crippen LogP contribution >= 0.6 is 31.9 Å². The van der Waals surface area contributed by atoms with Crippen molar-refractivity contribution in [1.29, 1.82) is 0 Å². The molecule has 0 saturated carbocycles. The average molecular weight is 532 g/mol. The van der Waals surface area contributed by atoms with Gasteiger partial charge in [-0.1, -0.05) is 0 Å². The lowest BCUT2D eigenvalue weighted by atomic mass is 10.2. The maximum atomic E-state index is 13.6. The Morgan fingerprint density at radius 2 is 1.90 bits per heavy atom. The van der Waals surface area contributed by atoms with Crippen LogP contribution in [0, 0.1) is 21.7 Å². The molecule has 12 heteroatoms. The van der Waals surface area contributed by atoms with Crippen LogP contribution in [-0.2, 0) is 6.73 Å². The molecule has 1 heterocycles. The van der Waals surface area contributed by atoms with Crippen LogP contribution in [0.5, 0.6) is 5.75 Å². The molecule has 0 bridgehead atoms. The second kappa shape index (κ2) is 8.66. The highest BCUT2D eigenvalue weighted by Crippen LogP contribution is 2.35. The lowest BCUT2D eigenvalue weighted by molar-refractivity contribution is -0.385. The number of nitro groups is 1. The molecule has 1 N–H and O–H groups in total. The van der Waals surface area contributed by atoms with E-state index in [1.165, 1.54) is 29.1 Å². The molecule has 29 heavy (non-hydrogen) atoms. The van der Waals surface area contributed by atoms with Gasteiger partial charge in [-0.15, -0.1) is 0 Å². The van der Waals surface area contributed by atoms with Crippen LogP contribution in [0.15, 0.2) is 51.5 Å². The van der Waals surface area contributed by atoms with Crippen molar-refractivity contribution >= 4 is 49.1 Å². The van der Waals surface area contributed by atoms with Crippen LogP contribution in [0.4, 0.5) is 20.2 Å². The van der Waals surface area contributed by atoms with Crippen LogP contribution in [-0.4, -0.2) is 20.6 Å². The minimum Gasteiger partial charge on any atom is -0.468 e. The number of hydrogen-bond acceptors (Lipinski definition) is 5. The maximum absolute atomic E-state index is 13.6. The zero-order valence-corrected chi connectivity index (χ0v) is 17.4. The van der Waals surface area contributed by atoms with Gasteiger partial charge in [0.05, 0.1) is 10.6 Å². The number of hydrogen-bond donors (Lipinski definition) is 1. The number of carbonyl (C=O) groups is 1. The van der Waals surface area contributed by atoms with Crippen molar-refractivity contribution in [3.05, 3.63) is 79.0 Å². The summed E-state index contributed by atoms with van der Waals surface area (Å²) in [5.74, 6) is -2.32. The molecule has 8 nitrogen and oxygen atoms in total. The Morgan fingerprint density at radius 1 is 1.21 bits per heavy atom. The number of nitrogens with zero attached hydrogens (tertiary/aromatic N) is 3. The van der Waals surface area contributed by atoms with Gasteiger partial charge >= 0.3 is 0 Å². The highest BCUT2D eigenvalue weighted by atomic mass is 79.9. The largest absolute Gasteiger partial charge is 0.468 e. The third kappa shape index (κ3) is 4.95. The molecular formula is C17H10Br2F2N4O4. The van der Waals surface area contributed by atoms with Crippen molar-refractivity contribution in [3.8, 4) is 5.75 Å². The standard InChI is InChI=1S/C17H10Br2F2N4O4/c18-11-6-10(25(27)28)7-12(19)16(11)22-17(26)14-3-4-24(23-14)8-29-15-2-1-9(20)5-13(15)21/h1-7H,8H2,(H,22,26). The first kappa shape index (κ1) is 20.9. The molecule has 0 spiro atoms. The third-order valence-corrected chi connectivity index (χ3v) is 4.85. The van der Waals surface area contributed by atoms with Gasteiger partial charge in [-0.25, -0.2) is 13.5 Å². The molecule has 0 aliphatic heterocycles. The molecule has 0 saturated heterocycles. The molecule has 3 rings (SSSR count). The fourth-order valence-electron chi connectivity index (χ4n) is 2.24. The highest BCUT2D eigenvalue weighted by molar-refractivity contribution is 9.11. The van der Waals surface area contributed by atoms with E-state index in [2.05, 4.69) is 42.3 Å². The van der Waals surface area contributed by atoms with E-state index in [4.69, 9.17) is 4.74 Å². The number of anilines is 1. The Bertz CT molecular complexity index is 1080. The molecule has 0 unspecified atom stereocenters. The summed E-state index contributed by atoms with van der Waals surface area (Å²) in [4.78, 5) is 22.7. The monoisotopic (exact) mass is 530 g/mol. The van der Waals surface area contributed by atoms with E-state index in [1.54, 1.807) is 0 Å². The van der Waals surface area contributed by atoms with Crippen molar-refractivity contribution in [2.45, 2.75) is 6.73 Å². The Hall–Kier alpha value is -2.86. The number of rotatable bonds is 6. The number of non-ortho nitro benzene ring substituents is 1. The molecule has 1 aromatic heterocycles. The number of amides is 1. The normalized spacial score (nSPS) is 10.6. The zero-order valence-electron chi connectivity index (χ0n) is 14.2. The van der Waals surface area contributed by atoms with Gasteiger partial charge in [0.25, 0.3) is 11.6 Å². The van der Waals surface area contributed by atoms with E-state index in [0.29, 0.717) is 20.7 Å². The first-order valence-corrected chi connectivity index (χ1v) is 9.39. The number of carbonyl (C=O) groups excluding carboxylic acids is 1. The van der Waals surface area contributed by atoms with Gasteiger partial charge in [0.1, 0.15) is 5.82 Å². The number of nitro benzene ring substituents is 1. The number of ether oxygens (including phenoxy) is 1. The molecular weight excluding hydrogens is 522 g/mol. The summed E-state index contributed by atoms with van der Waals surface area (Å²) in [5.41, 5.74) is 0.168. The summed E-state index contributed by atoms with van der Waals surface area (Å²) in [7, 11) is 0. The average Bonchev–Trinajstić information content (AvgIpc) is 3.12. The Morgan fingerprint density at radius 3 is 2.52 bits per heavy atom. The molecule has 2 aromatic carbocycles. The number of nitrogens with one attached hydrogen (secondary N) is 1. The first-order chi connectivity index (χ1) is 13.7. The summed E-state index contributed by atoms with van der Waals surface area (Å²) < 4.78 is 33.5. The van der Waals surface area contributed by atoms with Crippen LogP contribution < -0.4 is 10.1 Å². The molecule has 150 valence electrons. The van der Waals surface area contributed by atoms with Crippen LogP contribution in [0.2, 0.25) is 0 Å². The quantitative estimate of drug-likeness (QED) is 0.361. The van der Waals surface area contributed by atoms with E-state index < -0.39 is 22.5 Å². The minimum atomic E-state index is -0.858. The van der Waals surface area contributed by atoms with Gasteiger partial charge in [0.15, 0.2) is 24.0 Å². The van der Waals surface area contributed by atoms with Gasteiger partial charge < -0.3 is 10.1 Å². The summed E-state index contributed by atoms with van der Waals surface area (Å²) in [5, 5.41) is 17.5. The van der Waals surface area contributed by atoms with E-state index in [9.17, 15) is 23.7 Å². The van der Waals surface area contributed by atoms with Gasteiger partial charge in [-0.3, -0.25) is 14.9 Å². The molecule has 1 amide bonds. The number of benzene rings is 2. The Labute approximate surface area is 178 Å². The molecule has 0 aliphatic carbocycles. The third-order valence-electron chi connectivity index (χ3n) is 3.60. The van der Waals surface area contributed by atoms with E-state index in [-0.39, 0.29) is 23.9 Å². The molecule has 0 radical (unpaired) electrons. The second-order valence-corrected chi connectivity index (χ2v) is 7.29. The maximum Gasteiger partial charge on any atom is 0.276 e. The van der Waals surface area contributed by atoms with Crippen molar-refractivity contribution < 1.29 is 23.2 Å². The lowest BCUT2D eigenvalue weighted by Gasteiger charge is -2.09. The van der Waals surface area contributed by atoms with Crippen LogP contribution in [0.25, 0.3) is 0 Å². The van der Waals surface area contributed by atoms with E-state index in [1.807, 2.05) is 0 Å². The second-order valence-electron chi connectivity index (χ2n) is 5.58. The zero-order chi connectivity index (χ0) is 21.1. The van der Waals surface area contributed by atoms with E-state index in [0.717, 1.165) is 12.1 Å². The first-order valence-electron chi connectivity index (χ1n) is 7.80. The number of aromatic nitrogens is 2. The van der Waals surface area contributed by atoms with Crippen molar-refractivity contribution in [2.75, 3.05) is 5.32 Å². The van der Waals surface area contributed by atoms with Crippen LogP contribution in [0.1, 0.15) is 10.5 Å². The van der Waals surface area contributed by atoms with Gasteiger partial charge in [0.2, 0.25) is 0 Å². The Kier molecular flexibility index (Phi) is 6.23. The summed E-state index contributed by atoms with van der Waals surface area (Å²) >= 11 is 6.36. The van der Waals surface area contributed by atoms with Crippen LogP contribution in [0.3, 0.4) is 0 Å². The predicted molar refractivity (Wildman–Crippen MR) is 106 cm³/mol. The Balaban J connectivity index is 1.69. The van der Waals surface area contributed by atoms with Gasteiger partial charge in [0, 0.05) is 33.3 Å². The number of halogens is 4. The van der Waals surface area contributed by atoms with Gasteiger partial charge in [-0.2, -0.15) is 5.10 Å². The van der Waals surface area contributed by atoms with Gasteiger partial charge in [-0.05, 0) is 50.1 Å². The molecule has 3 aromatic rings.